The van der Waals surface area contributed by atoms with Gasteiger partial charge in [-0.25, -0.2) is 19.2 Å². The first-order chi connectivity index (χ1) is 25.6. The number of cyclic esters (lactones) is 1. The highest BCUT2D eigenvalue weighted by Gasteiger charge is 2.70. The molecular formula is C34H37Cl6N3O12. The Kier molecular flexibility index (Phi) is 13.1. The molecule has 2 fully saturated rings. The van der Waals surface area contributed by atoms with Gasteiger partial charge in [-0.3, -0.25) is 20.2 Å². The smallest absolute Gasteiger partial charge is 0.414 e. The fraction of sp³-hybridized carbons (Fsp3) is 0.588. The maximum absolute atomic E-state index is 13.7. The zero-order valence-corrected chi connectivity index (χ0v) is 34.2. The van der Waals surface area contributed by atoms with E-state index in [9.17, 15) is 28.8 Å². The number of alkyl carbamates (subject to hydrolysis) is 2. The predicted molar refractivity (Wildman–Crippen MR) is 198 cm³/mol. The molecule has 3 N–H and O–H groups in total. The predicted octanol–water partition coefficient (Wildman–Crippen LogP) is 5.66. The maximum Gasteiger partial charge on any atom is 0.414 e. The van der Waals surface area contributed by atoms with Crippen LogP contribution in [0.25, 0.3) is 0 Å². The van der Waals surface area contributed by atoms with E-state index in [0.29, 0.717) is 5.57 Å². The molecular weight excluding hydrogens is 855 g/mol. The number of esters is 2. The molecule has 0 aromatic carbocycles. The summed E-state index contributed by atoms with van der Waals surface area (Å²) in [5.41, 5.74) is -0.576. The highest BCUT2D eigenvalue weighted by atomic mass is 35.6. The lowest BCUT2D eigenvalue weighted by Gasteiger charge is -2.49. The molecule has 55 heavy (non-hydrogen) atoms. The van der Waals surface area contributed by atoms with Crippen molar-refractivity contribution >= 4 is 106 Å². The summed E-state index contributed by atoms with van der Waals surface area (Å²) in [5, 5.41) is 3.76. The van der Waals surface area contributed by atoms with E-state index in [1.54, 1.807) is 39.1 Å². The third-order valence-electron chi connectivity index (χ3n) is 10.4. The molecule has 21 heteroatoms. The Balaban J connectivity index is 1.56. The standard InChI is InChI=1S/C34H37Cl6N3O12/c1-13-11-14(2)32-17(12-20(50-5)27(45)52-22(13)16(4)51-30(48)42-28(46)33(35,36)37)8-9-18-21(32)23(54-31(49)43-29(47)34(38,39)40)15(3)24(25(18)55-32)53-26(44)19-7-6-10-41-19/h6-11,13,15-18,20-25,41H,12H2,1-5H3,(H,42,46,48)(H,43,47,49)/b14-11+/t13-,15-,16?,17-,18-,20+,21+,22+,23-,24-,25-,32+/m1/s1. The summed E-state index contributed by atoms with van der Waals surface area (Å²) in [6, 6.07) is 3.16. The second-order valence-electron chi connectivity index (χ2n) is 13.7. The number of methoxy groups -OCH3 is 1. The van der Waals surface area contributed by atoms with Crippen LogP contribution in [0.4, 0.5) is 9.59 Å². The SMILES string of the molecule is CO[C@H]1C[C@H]2C=C[C@H]3[C@H]4O[C@]2(/C(C)=C/[C@@H](C)[C@@H](C(C)OC(=O)NC(=O)C(Cl)(Cl)Cl)OC1=O)[C@@H]3[C@H](OC(=O)NC(=O)C(Cl)(Cl)Cl)[C@@H](C)[C@H]4OC(=O)c1ccc[nH]1. The van der Waals surface area contributed by atoms with Gasteiger partial charge in [-0.15, -0.1) is 0 Å². The van der Waals surface area contributed by atoms with Crippen molar-refractivity contribution in [2.24, 2.45) is 29.6 Å². The molecule has 12 atom stereocenters. The van der Waals surface area contributed by atoms with Gasteiger partial charge in [-0.1, -0.05) is 102 Å². The number of hydrogen-bond donors (Lipinski definition) is 3. The fourth-order valence-corrected chi connectivity index (χ4v) is 8.31. The zero-order valence-electron chi connectivity index (χ0n) is 29.7. The van der Waals surface area contributed by atoms with Crippen LogP contribution >= 0.6 is 69.6 Å². The number of halogens is 6. The number of alkyl halides is 6. The average molecular weight is 892 g/mol. The monoisotopic (exact) mass is 889 g/mol. The van der Waals surface area contributed by atoms with Crippen molar-refractivity contribution in [3.8, 4) is 0 Å². The normalized spacial score (nSPS) is 34.5. The van der Waals surface area contributed by atoms with Crippen LogP contribution in [0.2, 0.25) is 0 Å². The van der Waals surface area contributed by atoms with E-state index in [4.69, 9.17) is 98.0 Å². The van der Waals surface area contributed by atoms with Crippen LogP contribution in [0.5, 0.6) is 0 Å². The molecule has 1 saturated heterocycles. The minimum atomic E-state index is -2.48. The van der Waals surface area contributed by atoms with Crippen LogP contribution < -0.4 is 10.6 Å². The van der Waals surface area contributed by atoms with Crippen molar-refractivity contribution < 1.29 is 57.2 Å². The van der Waals surface area contributed by atoms with Gasteiger partial charge in [0.05, 0.1) is 0 Å². The molecule has 2 aliphatic carbocycles. The number of imide groups is 2. The highest BCUT2D eigenvalue weighted by molar-refractivity contribution is 6.77. The number of H-pyrrole nitrogens is 1. The number of carbonyl (C=O) groups is 6. The summed E-state index contributed by atoms with van der Waals surface area (Å²) in [7, 11) is 1.32. The molecule has 0 radical (unpaired) electrons. The minimum absolute atomic E-state index is 0.00644. The molecule has 1 spiro atoms. The lowest BCUT2D eigenvalue weighted by molar-refractivity contribution is -0.172. The van der Waals surface area contributed by atoms with Gasteiger partial charge in [0.25, 0.3) is 19.4 Å². The number of ether oxygens (including phenoxy) is 6. The van der Waals surface area contributed by atoms with E-state index in [-0.39, 0.29) is 12.1 Å². The maximum atomic E-state index is 13.7. The number of hydrogen-bond acceptors (Lipinski definition) is 12. The summed E-state index contributed by atoms with van der Waals surface area (Å²) in [5.74, 6) is -7.29. The van der Waals surface area contributed by atoms with Gasteiger partial charge in [0, 0.05) is 42.9 Å². The molecule has 302 valence electrons. The molecule has 4 bridgehead atoms. The first-order valence-corrected chi connectivity index (χ1v) is 19.2. The number of aromatic nitrogens is 1. The Morgan fingerprint density at radius 2 is 1.60 bits per heavy atom. The third kappa shape index (κ3) is 8.89. The molecule has 3 heterocycles. The lowest BCUT2D eigenvalue weighted by atomic mass is 9.57. The zero-order chi connectivity index (χ0) is 40.8. The Morgan fingerprint density at radius 3 is 2.18 bits per heavy atom. The van der Waals surface area contributed by atoms with Crippen LogP contribution in [0, 0.1) is 29.6 Å². The lowest BCUT2D eigenvalue weighted by Crippen LogP contribution is -2.59. The van der Waals surface area contributed by atoms with Crippen LogP contribution in [0.3, 0.4) is 0 Å². The molecule has 4 aliphatic rings. The third-order valence-corrected chi connectivity index (χ3v) is 11.4. The van der Waals surface area contributed by atoms with Gasteiger partial charge in [0.15, 0.2) is 6.10 Å². The largest absolute Gasteiger partial charge is 0.456 e. The fourth-order valence-electron chi connectivity index (χ4n) is 8.03. The van der Waals surface area contributed by atoms with Crippen molar-refractivity contribution in [1.82, 2.24) is 15.6 Å². The molecule has 5 rings (SSSR count). The topological polar surface area (TPSA) is 198 Å². The van der Waals surface area contributed by atoms with Crippen LogP contribution in [0.15, 0.2) is 42.1 Å². The molecule has 1 saturated carbocycles. The van der Waals surface area contributed by atoms with Crippen LogP contribution in [0.1, 0.15) is 44.6 Å². The molecule has 2 aliphatic heterocycles. The first-order valence-electron chi connectivity index (χ1n) is 16.9. The van der Waals surface area contributed by atoms with Gasteiger partial charge in [-0.2, -0.15) is 0 Å². The Labute approximate surface area is 345 Å². The van der Waals surface area contributed by atoms with Gasteiger partial charge >= 0.3 is 24.1 Å². The number of amides is 4. The second-order valence-corrected chi connectivity index (χ2v) is 18.3. The van der Waals surface area contributed by atoms with Crippen LogP contribution in [-0.2, 0) is 42.8 Å². The van der Waals surface area contributed by atoms with E-state index < -0.39 is 115 Å². The van der Waals surface area contributed by atoms with Gasteiger partial charge in [0.1, 0.15) is 41.8 Å². The summed E-state index contributed by atoms with van der Waals surface area (Å²) in [6.45, 7) is 6.64. The van der Waals surface area contributed by atoms with E-state index >= 15 is 0 Å². The summed E-state index contributed by atoms with van der Waals surface area (Å²) < 4.78 is 31.1. The van der Waals surface area contributed by atoms with Crippen molar-refractivity contribution in [2.75, 3.05) is 7.11 Å². The molecule has 1 unspecified atom stereocenters. The number of rotatable bonds is 6. The second kappa shape index (κ2) is 16.6. The Hall–Kier alpha value is -2.76. The first kappa shape index (κ1) is 43.4. The van der Waals surface area contributed by atoms with Crippen LogP contribution in [-0.4, -0.2) is 97.8 Å². The van der Waals surface area contributed by atoms with Gasteiger partial charge in [-0.05, 0) is 38.0 Å². The number of carbonyl (C=O) groups excluding carboxylic acids is 6. The number of aromatic amines is 1. The average Bonchev–Trinajstić information content (AvgIpc) is 3.68. The van der Waals surface area contributed by atoms with E-state index in [1.807, 2.05) is 22.8 Å². The van der Waals surface area contributed by atoms with Crippen molar-refractivity contribution in [3.05, 3.63) is 47.8 Å². The quantitative estimate of drug-likeness (QED) is 0.137. The number of nitrogens with one attached hydrogen (secondary N) is 3. The van der Waals surface area contributed by atoms with E-state index in [2.05, 4.69) is 4.98 Å². The summed E-state index contributed by atoms with van der Waals surface area (Å²) in [6.07, 6.45) is -1.83. The van der Waals surface area contributed by atoms with E-state index in [0.717, 1.165) is 0 Å². The highest BCUT2D eigenvalue weighted by Crippen LogP contribution is 2.62. The summed E-state index contributed by atoms with van der Waals surface area (Å²) >= 11 is 33.8. The van der Waals surface area contributed by atoms with Crippen molar-refractivity contribution in [1.29, 1.82) is 0 Å². The molecule has 1 aromatic rings. The minimum Gasteiger partial charge on any atom is -0.456 e. The molecule has 15 nitrogen and oxygen atoms in total. The van der Waals surface area contributed by atoms with Gasteiger partial charge < -0.3 is 33.4 Å². The Bertz CT molecular complexity index is 1750. The molecule has 4 amide bonds. The van der Waals surface area contributed by atoms with Crippen molar-refractivity contribution in [2.45, 2.75) is 83.9 Å². The molecule has 1 aromatic heterocycles. The van der Waals surface area contributed by atoms with Gasteiger partial charge in [0.2, 0.25) is 0 Å². The summed E-state index contributed by atoms with van der Waals surface area (Å²) in [4.78, 5) is 80.4. The van der Waals surface area contributed by atoms with E-state index in [1.165, 1.54) is 20.1 Å². The van der Waals surface area contributed by atoms with Crippen molar-refractivity contribution in [3.63, 3.8) is 0 Å². The Morgan fingerprint density at radius 1 is 0.964 bits per heavy atom.